The molecule has 0 aliphatic carbocycles. The summed E-state index contributed by atoms with van der Waals surface area (Å²) in [5.41, 5.74) is 0.431. The molecule has 2 aromatic rings. The number of imide groups is 1. The van der Waals surface area contributed by atoms with Crippen molar-refractivity contribution >= 4 is 21.8 Å². The Morgan fingerprint density at radius 3 is 2.47 bits per heavy atom. The van der Waals surface area contributed by atoms with Crippen molar-refractivity contribution in [1.82, 2.24) is 9.88 Å². The molecule has 0 saturated heterocycles. The summed E-state index contributed by atoms with van der Waals surface area (Å²) in [7, 11) is -2.28. The van der Waals surface area contributed by atoms with Gasteiger partial charge in [0.2, 0.25) is 0 Å². The molecule has 2 heterocycles. The number of carbonyl (C=O) groups is 2. The lowest BCUT2D eigenvalue weighted by molar-refractivity contribution is 0.0231. The van der Waals surface area contributed by atoms with Crippen molar-refractivity contribution in [1.29, 1.82) is 0 Å². The number of rotatable bonds is 3. The molecule has 1 aliphatic rings. The van der Waals surface area contributed by atoms with Gasteiger partial charge in [-0.05, 0) is 39.0 Å². The summed E-state index contributed by atoms with van der Waals surface area (Å²) in [5, 5.41) is 0. The number of carbonyl (C=O) groups excluding carboxylic acids is 2. The summed E-state index contributed by atoms with van der Waals surface area (Å²) < 4.78 is 35.7. The summed E-state index contributed by atoms with van der Waals surface area (Å²) in [4.78, 5) is 30.8. The van der Waals surface area contributed by atoms with Crippen LogP contribution >= 0.6 is 0 Å². The lowest BCUT2D eigenvalue weighted by atomic mass is 10.0. The van der Waals surface area contributed by atoms with Gasteiger partial charge in [-0.2, -0.15) is 0 Å². The second-order valence-corrected chi connectivity index (χ2v) is 9.97. The van der Waals surface area contributed by atoms with E-state index in [0.717, 1.165) is 11.2 Å². The molecule has 1 aromatic carbocycles. The number of hydrogen-bond acceptors (Lipinski definition) is 7. The van der Waals surface area contributed by atoms with Gasteiger partial charge in [0.25, 0.3) is 5.91 Å². The van der Waals surface area contributed by atoms with E-state index in [0.29, 0.717) is 22.7 Å². The monoisotopic (exact) mass is 432 g/mol. The molecule has 0 spiro atoms. The van der Waals surface area contributed by atoms with Gasteiger partial charge in [-0.15, -0.1) is 0 Å². The minimum Gasteiger partial charge on any atom is -0.496 e. The van der Waals surface area contributed by atoms with E-state index in [2.05, 4.69) is 4.98 Å². The molecule has 0 bridgehead atoms. The van der Waals surface area contributed by atoms with E-state index < -0.39 is 27.4 Å². The molecule has 0 radical (unpaired) electrons. The van der Waals surface area contributed by atoms with Crippen molar-refractivity contribution in [3.63, 3.8) is 0 Å². The van der Waals surface area contributed by atoms with Gasteiger partial charge in [0.1, 0.15) is 11.4 Å². The highest BCUT2D eigenvalue weighted by atomic mass is 32.2. The minimum atomic E-state index is -3.79. The Morgan fingerprint density at radius 1 is 1.20 bits per heavy atom. The molecule has 1 aromatic heterocycles. The van der Waals surface area contributed by atoms with Crippen LogP contribution in [-0.4, -0.2) is 55.8 Å². The van der Waals surface area contributed by atoms with E-state index in [1.165, 1.54) is 13.2 Å². The van der Waals surface area contributed by atoms with Crippen molar-refractivity contribution in [3.05, 3.63) is 41.6 Å². The molecule has 0 fully saturated rings. The van der Waals surface area contributed by atoms with E-state index >= 15 is 0 Å². The quantitative estimate of drug-likeness (QED) is 0.734. The van der Waals surface area contributed by atoms with Crippen molar-refractivity contribution < 1.29 is 27.5 Å². The van der Waals surface area contributed by atoms with Gasteiger partial charge in [0.15, 0.2) is 9.84 Å². The Kier molecular flexibility index (Phi) is 5.60. The second-order valence-electron chi connectivity index (χ2n) is 7.99. The van der Waals surface area contributed by atoms with Gasteiger partial charge in [-0.1, -0.05) is 12.1 Å². The number of nitrogens with zero attached hydrogens (tertiary/aromatic N) is 2. The van der Waals surface area contributed by atoms with Crippen LogP contribution in [0.5, 0.6) is 5.75 Å². The third-order valence-corrected chi connectivity index (χ3v) is 5.61. The number of benzene rings is 1. The fourth-order valence-electron chi connectivity index (χ4n) is 3.21. The Morgan fingerprint density at radius 2 is 1.87 bits per heavy atom. The molecular weight excluding hydrogens is 408 g/mol. The predicted octanol–water partition coefficient (Wildman–Crippen LogP) is 3.09. The number of fused-ring (bicyclic) bond motifs is 1. The van der Waals surface area contributed by atoms with Gasteiger partial charge < -0.3 is 9.47 Å². The average molecular weight is 432 g/mol. The van der Waals surface area contributed by atoms with E-state index in [9.17, 15) is 18.0 Å². The first kappa shape index (κ1) is 21.8. The summed E-state index contributed by atoms with van der Waals surface area (Å²) in [6.07, 6.45) is 0.423. The lowest BCUT2D eigenvalue weighted by Crippen LogP contribution is -2.45. The standard InChI is InChI=1S/C21H24N2O6S/c1-21(2,3)29-20(25)23-11-10-14-18(19(23)24)17(30(5,26)27)12-15(22-14)13-8-6-7-9-16(13)28-4/h6-9,12H,10-11H2,1-5H3. The number of ether oxygens (including phenoxy) is 2. The van der Waals surface area contributed by atoms with Gasteiger partial charge in [0, 0.05) is 24.8 Å². The largest absolute Gasteiger partial charge is 0.496 e. The molecule has 30 heavy (non-hydrogen) atoms. The van der Waals surface area contributed by atoms with Crippen LogP contribution in [0.3, 0.4) is 0 Å². The second kappa shape index (κ2) is 7.71. The fraction of sp³-hybridized carbons (Fsp3) is 0.381. The molecule has 160 valence electrons. The van der Waals surface area contributed by atoms with Crippen LogP contribution in [0.1, 0.15) is 36.8 Å². The maximum atomic E-state index is 13.1. The highest BCUT2D eigenvalue weighted by Crippen LogP contribution is 2.34. The normalized spacial score (nSPS) is 14.3. The Hall–Kier alpha value is -2.94. The van der Waals surface area contributed by atoms with Crippen molar-refractivity contribution in [2.24, 2.45) is 0 Å². The topological polar surface area (TPSA) is 103 Å². The van der Waals surface area contributed by atoms with Crippen LogP contribution in [0.15, 0.2) is 35.2 Å². The Bertz CT molecular complexity index is 1120. The molecule has 3 rings (SSSR count). The van der Waals surface area contributed by atoms with Crippen LogP contribution in [0.4, 0.5) is 4.79 Å². The molecule has 0 N–H and O–H groups in total. The third kappa shape index (κ3) is 4.30. The van der Waals surface area contributed by atoms with Crippen molar-refractivity contribution in [2.45, 2.75) is 37.7 Å². The zero-order chi connectivity index (χ0) is 22.3. The first-order valence-electron chi connectivity index (χ1n) is 9.34. The molecule has 0 atom stereocenters. The van der Waals surface area contributed by atoms with Gasteiger partial charge in [-0.3, -0.25) is 9.78 Å². The number of aromatic nitrogens is 1. The van der Waals surface area contributed by atoms with Gasteiger partial charge in [-0.25, -0.2) is 18.1 Å². The molecule has 0 unspecified atom stereocenters. The van der Waals surface area contributed by atoms with Crippen molar-refractivity contribution in [2.75, 3.05) is 19.9 Å². The number of hydrogen-bond donors (Lipinski definition) is 0. The summed E-state index contributed by atoms with van der Waals surface area (Å²) in [5.74, 6) is -0.202. The number of para-hydroxylation sites is 1. The highest BCUT2D eigenvalue weighted by molar-refractivity contribution is 7.90. The number of amides is 2. The molecule has 8 nitrogen and oxygen atoms in total. The fourth-order valence-corrected chi connectivity index (χ4v) is 4.12. The first-order chi connectivity index (χ1) is 13.9. The van der Waals surface area contributed by atoms with Gasteiger partial charge in [0.05, 0.1) is 29.0 Å². The Balaban J connectivity index is 2.15. The van der Waals surface area contributed by atoms with E-state index in [-0.39, 0.29) is 23.4 Å². The number of pyridine rings is 1. The molecule has 2 amide bonds. The summed E-state index contributed by atoms with van der Waals surface area (Å²) in [6, 6.07) is 8.43. The van der Waals surface area contributed by atoms with Crippen LogP contribution in [0.2, 0.25) is 0 Å². The van der Waals surface area contributed by atoms with Crippen LogP contribution in [0, 0.1) is 0 Å². The van der Waals surface area contributed by atoms with Gasteiger partial charge >= 0.3 is 6.09 Å². The maximum Gasteiger partial charge on any atom is 0.417 e. The molecular formula is C21H24N2O6S. The third-order valence-electron chi connectivity index (χ3n) is 4.49. The predicted molar refractivity (Wildman–Crippen MR) is 110 cm³/mol. The number of methoxy groups -OCH3 is 1. The summed E-state index contributed by atoms with van der Waals surface area (Å²) in [6.45, 7) is 5.12. The van der Waals surface area contributed by atoms with Crippen LogP contribution in [-0.2, 0) is 21.0 Å². The maximum absolute atomic E-state index is 13.1. The zero-order valence-corrected chi connectivity index (χ0v) is 18.4. The molecule has 0 saturated carbocycles. The average Bonchev–Trinajstić information content (AvgIpc) is 2.65. The first-order valence-corrected chi connectivity index (χ1v) is 11.2. The number of sulfone groups is 1. The SMILES string of the molecule is COc1ccccc1-c1cc(S(C)(=O)=O)c2c(n1)CCN(C(=O)OC(C)(C)C)C2=O. The van der Waals surface area contributed by atoms with Crippen LogP contribution < -0.4 is 4.74 Å². The highest BCUT2D eigenvalue weighted by Gasteiger charge is 2.37. The van der Waals surface area contributed by atoms with Crippen LogP contribution in [0.25, 0.3) is 11.3 Å². The molecule has 1 aliphatic heterocycles. The smallest absolute Gasteiger partial charge is 0.417 e. The summed E-state index contributed by atoms with van der Waals surface area (Å²) >= 11 is 0. The lowest BCUT2D eigenvalue weighted by Gasteiger charge is -2.30. The zero-order valence-electron chi connectivity index (χ0n) is 17.6. The Labute approximate surface area is 175 Å². The van der Waals surface area contributed by atoms with Crippen molar-refractivity contribution in [3.8, 4) is 17.0 Å². The van der Waals surface area contributed by atoms with E-state index in [1.807, 2.05) is 0 Å². The van der Waals surface area contributed by atoms with E-state index in [4.69, 9.17) is 9.47 Å². The van der Waals surface area contributed by atoms with E-state index in [1.54, 1.807) is 45.0 Å². The minimum absolute atomic E-state index is 0.0479. The molecule has 9 heteroatoms.